The van der Waals surface area contributed by atoms with E-state index in [4.69, 9.17) is 9.97 Å². The smallest absolute Gasteiger partial charge is 0.160 e. The molecule has 104 valence electrons. The molecule has 0 radical (unpaired) electrons. The fourth-order valence-electron chi connectivity index (χ4n) is 2.98. The minimum atomic E-state index is 0.887. The summed E-state index contributed by atoms with van der Waals surface area (Å²) in [7, 11) is 0. The molecular weight excluding hydrogens is 326 g/mol. The fourth-order valence-corrected chi connectivity index (χ4v) is 3.33. The highest BCUT2D eigenvalue weighted by Crippen LogP contribution is 2.30. The number of nitrogens with zero attached hydrogens (tertiary/aromatic N) is 3. The van der Waals surface area contributed by atoms with E-state index in [9.17, 15) is 0 Å². The lowest BCUT2D eigenvalue weighted by atomic mass is 10.1. The summed E-state index contributed by atoms with van der Waals surface area (Å²) in [5.74, 6) is 0. The molecular formula is C17H14BrN3. The molecule has 0 atom stereocenters. The van der Waals surface area contributed by atoms with Crippen LogP contribution in [0.25, 0.3) is 33.1 Å². The van der Waals surface area contributed by atoms with Crippen LogP contribution in [0.15, 0.2) is 42.5 Å². The summed E-state index contributed by atoms with van der Waals surface area (Å²) in [5.41, 5.74) is 6.36. The van der Waals surface area contributed by atoms with E-state index in [0.717, 1.165) is 34.1 Å². The Kier molecular flexibility index (Phi) is 2.93. The summed E-state index contributed by atoms with van der Waals surface area (Å²) in [6.07, 6.45) is 0. The first-order chi connectivity index (χ1) is 10.3. The Labute approximate surface area is 130 Å². The van der Waals surface area contributed by atoms with Crippen molar-refractivity contribution in [3.8, 4) is 0 Å². The van der Waals surface area contributed by atoms with Gasteiger partial charge in [-0.15, -0.1) is 0 Å². The van der Waals surface area contributed by atoms with Gasteiger partial charge in [-0.25, -0.2) is 9.97 Å². The van der Waals surface area contributed by atoms with Crippen LogP contribution in [0.2, 0.25) is 0 Å². The second-order valence-electron chi connectivity index (χ2n) is 5.20. The van der Waals surface area contributed by atoms with E-state index in [-0.39, 0.29) is 0 Å². The number of hydrogen-bond acceptors (Lipinski definition) is 2. The Bertz CT molecular complexity index is 972. The molecule has 2 aromatic carbocycles. The van der Waals surface area contributed by atoms with Gasteiger partial charge in [-0.05, 0) is 24.6 Å². The van der Waals surface area contributed by atoms with E-state index >= 15 is 0 Å². The molecule has 0 bridgehead atoms. The molecule has 3 nitrogen and oxygen atoms in total. The quantitative estimate of drug-likeness (QED) is 0.505. The van der Waals surface area contributed by atoms with E-state index in [1.807, 2.05) is 24.3 Å². The van der Waals surface area contributed by atoms with Gasteiger partial charge < -0.3 is 4.57 Å². The standard InChI is InChI=1S/C17H14BrN3/c1-11-5-4-6-12-15-17(21(10-9-18)16(11)12)20-14-8-3-2-7-13(14)19-15/h2-8H,9-10H2,1H3. The minimum absolute atomic E-state index is 0.887. The maximum Gasteiger partial charge on any atom is 0.160 e. The molecule has 0 aliphatic rings. The first-order valence-electron chi connectivity index (χ1n) is 7.00. The highest BCUT2D eigenvalue weighted by atomic mass is 79.9. The summed E-state index contributed by atoms with van der Waals surface area (Å²) < 4.78 is 2.27. The molecule has 0 N–H and O–H groups in total. The second-order valence-corrected chi connectivity index (χ2v) is 5.99. The van der Waals surface area contributed by atoms with Gasteiger partial charge in [-0.2, -0.15) is 0 Å². The number of fused-ring (bicyclic) bond motifs is 4. The molecule has 0 aliphatic carbocycles. The van der Waals surface area contributed by atoms with Crippen LogP contribution in [-0.4, -0.2) is 19.9 Å². The molecule has 2 aromatic heterocycles. The number of rotatable bonds is 2. The normalized spacial score (nSPS) is 11.7. The Morgan fingerprint density at radius 2 is 1.76 bits per heavy atom. The molecule has 0 spiro atoms. The van der Waals surface area contributed by atoms with Crippen molar-refractivity contribution in [2.75, 3.05) is 5.33 Å². The molecule has 4 rings (SSSR count). The van der Waals surface area contributed by atoms with Gasteiger partial charge >= 0.3 is 0 Å². The zero-order valence-corrected chi connectivity index (χ0v) is 13.3. The van der Waals surface area contributed by atoms with Crippen molar-refractivity contribution in [2.45, 2.75) is 13.5 Å². The molecule has 0 unspecified atom stereocenters. The monoisotopic (exact) mass is 339 g/mol. The Hall–Kier alpha value is -1.94. The summed E-state index contributed by atoms with van der Waals surface area (Å²) in [5, 5.41) is 2.08. The Morgan fingerprint density at radius 3 is 2.52 bits per heavy atom. The van der Waals surface area contributed by atoms with Crippen molar-refractivity contribution in [2.24, 2.45) is 0 Å². The minimum Gasteiger partial charge on any atom is -0.323 e. The number of para-hydroxylation sites is 3. The van der Waals surface area contributed by atoms with Crippen LogP contribution in [-0.2, 0) is 6.54 Å². The molecule has 0 saturated carbocycles. The van der Waals surface area contributed by atoms with Gasteiger partial charge in [0.25, 0.3) is 0 Å². The average Bonchev–Trinajstić information content (AvgIpc) is 2.81. The number of alkyl halides is 1. The van der Waals surface area contributed by atoms with E-state index in [1.165, 1.54) is 16.5 Å². The van der Waals surface area contributed by atoms with Crippen LogP contribution in [0.5, 0.6) is 0 Å². The van der Waals surface area contributed by atoms with Gasteiger partial charge in [-0.3, -0.25) is 0 Å². The number of hydrogen-bond donors (Lipinski definition) is 0. The molecule has 0 fully saturated rings. The molecule has 21 heavy (non-hydrogen) atoms. The lowest BCUT2D eigenvalue weighted by Gasteiger charge is -2.06. The predicted molar refractivity (Wildman–Crippen MR) is 91.1 cm³/mol. The van der Waals surface area contributed by atoms with Gasteiger partial charge in [-0.1, -0.05) is 46.3 Å². The highest BCUT2D eigenvalue weighted by molar-refractivity contribution is 9.09. The van der Waals surface area contributed by atoms with Crippen LogP contribution in [0.3, 0.4) is 0 Å². The topological polar surface area (TPSA) is 30.7 Å². The van der Waals surface area contributed by atoms with Crippen molar-refractivity contribution in [3.63, 3.8) is 0 Å². The number of benzene rings is 2. The van der Waals surface area contributed by atoms with E-state index < -0.39 is 0 Å². The molecule has 4 heteroatoms. The first-order valence-corrected chi connectivity index (χ1v) is 8.12. The van der Waals surface area contributed by atoms with Crippen molar-refractivity contribution < 1.29 is 0 Å². The first kappa shape index (κ1) is 12.8. The highest BCUT2D eigenvalue weighted by Gasteiger charge is 2.15. The van der Waals surface area contributed by atoms with Crippen molar-refractivity contribution >= 4 is 49.0 Å². The molecule has 0 saturated heterocycles. The summed E-state index contributed by atoms with van der Waals surface area (Å²) in [6, 6.07) is 14.4. The summed E-state index contributed by atoms with van der Waals surface area (Å²) >= 11 is 3.55. The van der Waals surface area contributed by atoms with Gasteiger partial charge in [0.05, 0.1) is 16.6 Å². The van der Waals surface area contributed by atoms with E-state index in [0.29, 0.717) is 0 Å². The number of aryl methyl sites for hydroxylation is 2. The van der Waals surface area contributed by atoms with Crippen LogP contribution in [0.4, 0.5) is 0 Å². The summed E-state index contributed by atoms with van der Waals surface area (Å²) in [6.45, 7) is 3.03. The SMILES string of the molecule is Cc1cccc2c3nc4ccccc4nc3n(CCBr)c12. The van der Waals surface area contributed by atoms with Crippen LogP contribution in [0, 0.1) is 6.92 Å². The fraction of sp³-hybridized carbons (Fsp3) is 0.176. The second kappa shape index (κ2) is 4.81. The lowest BCUT2D eigenvalue weighted by molar-refractivity contribution is 0.830. The third kappa shape index (κ3) is 1.86. The predicted octanol–water partition coefficient (Wildman–Crippen LogP) is 4.44. The van der Waals surface area contributed by atoms with Crippen molar-refractivity contribution in [3.05, 3.63) is 48.0 Å². The zero-order chi connectivity index (χ0) is 14.4. The Morgan fingerprint density at radius 1 is 1.00 bits per heavy atom. The zero-order valence-electron chi connectivity index (χ0n) is 11.7. The van der Waals surface area contributed by atoms with Crippen LogP contribution < -0.4 is 0 Å². The number of halogens is 1. The van der Waals surface area contributed by atoms with Crippen molar-refractivity contribution in [1.29, 1.82) is 0 Å². The van der Waals surface area contributed by atoms with Gasteiger partial charge in [0.2, 0.25) is 0 Å². The van der Waals surface area contributed by atoms with E-state index in [1.54, 1.807) is 0 Å². The third-order valence-corrected chi connectivity index (χ3v) is 4.23. The summed E-state index contributed by atoms with van der Waals surface area (Å²) in [4.78, 5) is 9.71. The molecule has 4 aromatic rings. The van der Waals surface area contributed by atoms with Crippen molar-refractivity contribution in [1.82, 2.24) is 14.5 Å². The molecule has 0 amide bonds. The number of aromatic nitrogens is 3. The lowest BCUT2D eigenvalue weighted by Crippen LogP contribution is -2.01. The maximum atomic E-state index is 4.85. The molecule has 0 aliphatic heterocycles. The molecule has 2 heterocycles. The van der Waals surface area contributed by atoms with Gasteiger partial charge in [0.15, 0.2) is 5.65 Å². The van der Waals surface area contributed by atoms with Gasteiger partial charge in [0.1, 0.15) is 5.52 Å². The Balaban J connectivity index is 2.25. The maximum absolute atomic E-state index is 4.85. The van der Waals surface area contributed by atoms with Crippen LogP contribution >= 0.6 is 15.9 Å². The third-order valence-electron chi connectivity index (χ3n) is 3.88. The van der Waals surface area contributed by atoms with Gasteiger partial charge in [0, 0.05) is 17.3 Å². The van der Waals surface area contributed by atoms with Crippen LogP contribution in [0.1, 0.15) is 5.56 Å². The largest absolute Gasteiger partial charge is 0.323 e. The van der Waals surface area contributed by atoms with E-state index in [2.05, 4.69) is 45.6 Å². The average molecular weight is 340 g/mol.